The summed E-state index contributed by atoms with van der Waals surface area (Å²) in [6.07, 6.45) is 4.05. The Bertz CT molecular complexity index is 764. The molecule has 1 atom stereocenters. The molecule has 0 spiro atoms. The van der Waals surface area contributed by atoms with Gasteiger partial charge in [-0.1, -0.05) is 30.3 Å². The van der Waals surface area contributed by atoms with Gasteiger partial charge in [-0.15, -0.1) is 21.5 Å². The van der Waals surface area contributed by atoms with Crippen molar-refractivity contribution < 1.29 is 0 Å². The number of nitrogens with one attached hydrogen (secondary N) is 1. The van der Waals surface area contributed by atoms with E-state index in [0.29, 0.717) is 5.92 Å². The van der Waals surface area contributed by atoms with E-state index in [-0.39, 0.29) is 0 Å². The average molecular weight is 325 g/mol. The summed E-state index contributed by atoms with van der Waals surface area (Å²) in [6.45, 7) is 2.86. The van der Waals surface area contributed by atoms with Gasteiger partial charge in [-0.25, -0.2) is 4.98 Å². The molecule has 118 valence electrons. The monoisotopic (exact) mass is 325 g/mol. The van der Waals surface area contributed by atoms with Gasteiger partial charge < -0.3 is 9.88 Å². The van der Waals surface area contributed by atoms with Crippen LogP contribution in [0.25, 0.3) is 11.3 Å². The van der Waals surface area contributed by atoms with Crippen molar-refractivity contribution in [1.29, 1.82) is 0 Å². The molecule has 0 saturated heterocycles. The maximum Gasteiger partial charge on any atom is 0.132 e. The fraction of sp³-hybridized carbons (Fsp3) is 0.353. The topological polar surface area (TPSA) is 55.6 Å². The van der Waals surface area contributed by atoms with Gasteiger partial charge in [-0.05, 0) is 12.3 Å². The zero-order valence-corrected chi connectivity index (χ0v) is 13.7. The lowest BCUT2D eigenvalue weighted by Crippen LogP contribution is -2.29. The van der Waals surface area contributed by atoms with Crippen LogP contribution in [0.3, 0.4) is 0 Å². The fourth-order valence-corrected chi connectivity index (χ4v) is 3.78. The predicted octanol–water partition coefficient (Wildman–Crippen LogP) is 2.75. The number of rotatable bonds is 5. The largest absolute Gasteiger partial charge is 0.317 e. The molecule has 1 N–H and O–H groups in total. The molecule has 0 saturated carbocycles. The second kappa shape index (κ2) is 6.60. The first kappa shape index (κ1) is 14.5. The van der Waals surface area contributed by atoms with E-state index in [0.717, 1.165) is 42.6 Å². The van der Waals surface area contributed by atoms with Crippen molar-refractivity contribution in [2.24, 2.45) is 5.92 Å². The molecule has 1 aromatic carbocycles. The van der Waals surface area contributed by atoms with Crippen molar-refractivity contribution in [3.05, 3.63) is 52.9 Å². The number of fused-ring (bicyclic) bond motifs is 1. The summed E-state index contributed by atoms with van der Waals surface area (Å²) in [7, 11) is 0. The maximum absolute atomic E-state index is 4.72. The van der Waals surface area contributed by atoms with Gasteiger partial charge in [-0.3, -0.25) is 0 Å². The van der Waals surface area contributed by atoms with Gasteiger partial charge in [0.05, 0.1) is 5.69 Å². The first-order chi connectivity index (χ1) is 11.4. The van der Waals surface area contributed by atoms with Crippen LogP contribution in [0.5, 0.6) is 0 Å². The lowest BCUT2D eigenvalue weighted by atomic mass is 9.99. The highest BCUT2D eigenvalue weighted by molar-refractivity contribution is 7.09. The van der Waals surface area contributed by atoms with Gasteiger partial charge in [0.15, 0.2) is 0 Å². The van der Waals surface area contributed by atoms with Crippen LogP contribution >= 0.6 is 11.3 Å². The highest BCUT2D eigenvalue weighted by atomic mass is 32.1. The average Bonchev–Trinajstić information content (AvgIpc) is 3.24. The summed E-state index contributed by atoms with van der Waals surface area (Å²) in [5, 5.41) is 14.9. The smallest absolute Gasteiger partial charge is 0.132 e. The Balaban J connectivity index is 1.30. The minimum Gasteiger partial charge on any atom is -0.317 e. The quantitative estimate of drug-likeness (QED) is 0.784. The molecule has 4 rings (SSSR count). The number of hydrogen-bond donors (Lipinski definition) is 1. The number of aromatic nitrogens is 4. The van der Waals surface area contributed by atoms with Crippen LogP contribution in [-0.4, -0.2) is 26.3 Å². The van der Waals surface area contributed by atoms with E-state index in [1.807, 2.05) is 12.4 Å². The van der Waals surface area contributed by atoms with E-state index in [2.05, 4.69) is 49.7 Å². The van der Waals surface area contributed by atoms with Gasteiger partial charge in [0, 0.05) is 37.0 Å². The molecule has 1 aliphatic heterocycles. The minimum absolute atomic E-state index is 0.645. The lowest BCUT2D eigenvalue weighted by molar-refractivity contribution is 0.347. The van der Waals surface area contributed by atoms with Crippen molar-refractivity contribution in [2.75, 3.05) is 6.54 Å². The highest BCUT2D eigenvalue weighted by Gasteiger charge is 2.19. The summed E-state index contributed by atoms with van der Waals surface area (Å²) in [5.74, 6) is 1.76. The number of aryl methyl sites for hydroxylation is 1. The van der Waals surface area contributed by atoms with E-state index in [9.17, 15) is 0 Å². The van der Waals surface area contributed by atoms with Crippen LogP contribution in [0.4, 0.5) is 0 Å². The first-order valence-electron chi connectivity index (χ1n) is 7.96. The minimum atomic E-state index is 0.645. The first-order valence-corrected chi connectivity index (χ1v) is 8.83. The Morgan fingerprint density at radius 3 is 3.09 bits per heavy atom. The third-order valence-electron chi connectivity index (χ3n) is 4.26. The van der Waals surface area contributed by atoms with E-state index in [4.69, 9.17) is 4.98 Å². The lowest BCUT2D eigenvalue weighted by Gasteiger charge is -2.23. The molecular weight excluding hydrogens is 306 g/mol. The summed E-state index contributed by atoms with van der Waals surface area (Å²) in [5.41, 5.74) is 2.25. The van der Waals surface area contributed by atoms with Gasteiger partial charge >= 0.3 is 0 Å². The van der Waals surface area contributed by atoms with Crippen LogP contribution in [0.15, 0.2) is 42.0 Å². The zero-order chi connectivity index (χ0) is 15.5. The third kappa shape index (κ3) is 3.33. The maximum atomic E-state index is 4.72. The SMILES string of the molecule is c1ccc(-c2csc(CNC[C@H]3CCc4nncn4C3)n2)cc1. The van der Waals surface area contributed by atoms with Crippen LogP contribution in [0.1, 0.15) is 17.3 Å². The molecule has 0 fully saturated rings. The molecule has 0 bridgehead atoms. The molecule has 3 heterocycles. The summed E-state index contributed by atoms with van der Waals surface area (Å²) in [4.78, 5) is 4.72. The molecule has 0 amide bonds. The van der Waals surface area contributed by atoms with Crippen LogP contribution in [-0.2, 0) is 19.5 Å². The second-order valence-electron chi connectivity index (χ2n) is 5.93. The Hall–Kier alpha value is -2.05. The molecule has 5 nitrogen and oxygen atoms in total. The summed E-state index contributed by atoms with van der Waals surface area (Å²) >= 11 is 1.72. The van der Waals surface area contributed by atoms with Gasteiger partial charge in [0.25, 0.3) is 0 Å². The third-order valence-corrected chi connectivity index (χ3v) is 5.11. The van der Waals surface area contributed by atoms with Crippen molar-refractivity contribution >= 4 is 11.3 Å². The second-order valence-corrected chi connectivity index (χ2v) is 6.87. The standard InChI is InChI=1S/C17H19N5S/c1-2-4-14(5-3-1)15-11-23-17(20-15)9-18-8-13-6-7-16-21-19-12-22(16)10-13/h1-5,11-13,18H,6-10H2/t13-/m1/s1. The highest BCUT2D eigenvalue weighted by Crippen LogP contribution is 2.22. The Labute approximate surface area is 139 Å². The normalized spacial score (nSPS) is 17.1. The van der Waals surface area contributed by atoms with Crippen molar-refractivity contribution in [3.63, 3.8) is 0 Å². The Morgan fingerprint density at radius 2 is 2.17 bits per heavy atom. The van der Waals surface area contributed by atoms with Gasteiger partial charge in [0.1, 0.15) is 17.2 Å². The predicted molar refractivity (Wildman–Crippen MR) is 91.1 cm³/mol. The molecular formula is C17H19N5S. The molecule has 0 radical (unpaired) electrons. The fourth-order valence-electron chi connectivity index (χ4n) is 3.01. The van der Waals surface area contributed by atoms with E-state index in [1.165, 1.54) is 12.0 Å². The van der Waals surface area contributed by atoms with E-state index >= 15 is 0 Å². The van der Waals surface area contributed by atoms with Crippen LogP contribution in [0.2, 0.25) is 0 Å². The molecule has 6 heteroatoms. The number of hydrogen-bond acceptors (Lipinski definition) is 5. The van der Waals surface area contributed by atoms with Crippen LogP contribution in [0, 0.1) is 5.92 Å². The number of nitrogens with zero attached hydrogens (tertiary/aromatic N) is 4. The van der Waals surface area contributed by atoms with Crippen LogP contribution < -0.4 is 5.32 Å². The van der Waals surface area contributed by atoms with Crippen molar-refractivity contribution in [3.8, 4) is 11.3 Å². The Kier molecular flexibility index (Phi) is 4.17. The molecule has 0 unspecified atom stereocenters. The van der Waals surface area contributed by atoms with E-state index in [1.54, 1.807) is 11.3 Å². The van der Waals surface area contributed by atoms with E-state index < -0.39 is 0 Å². The summed E-state index contributed by atoms with van der Waals surface area (Å²) in [6, 6.07) is 10.3. The zero-order valence-electron chi connectivity index (χ0n) is 12.9. The number of benzene rings is 1. The molecule has 3 aromatic rings. The molecule has 1 aliphatic rings. The van der Waals surface area contributed by atoms with Gasteiger partial charge in [-0.2, -0.15) is 0 Å². The molecule has 0 aliphatic carbocycles. The molecule has 23 heavy (non-hydrogen) atoms. The Morgan fingerprint density at radius 1 is 1.26 bits per heavy atom. The van der Waals surface area contributed by atoms with Gasteiger partial charge in [0.2, 0.25) is 0 Å². The van der Waals surface area contributed by atoms with Crippen molar-refractivity contribution in [1.82, 2.24) is 25.1 Å². The summed E-state index contributed by atoms with van der Waals surface area (Å²) < 4.78 is 2.17. The molecule has 2 aromatic heterocycles. The number of thiazole rings is 1. The van der Waals surface area contributed by atoms with Crippen molar-refractivity contribution in [2.45, 2.75) is 25.9 Å².